The summed E-state index contributed by atoms with van der Waals surface area (Å²) in [7, 11) is 0. The number of carbonyl (C=O) groups is 2. The van der Waals surface area contributed by atoms with Crippen molar-refractivity contribution in [3.05, 3.63) is 155 Å². The maximum Gasteiger partial charge on any atom is 0.301 e. The molecular weight excluding hydrogens is 634 g/mol. The number of anilines is 1. The molecule has 0 saturated carbocycles. The van der Waals surface area contributed by atoms with Crippen LogP contribution in [0.5, 0.6) is 5.75 Å². The van der Waals surface area contributed by atoms with Crippen LogP contribution in [-0.2, 0) is 21.9 Å². The number of hydrogen-bond acceptors (Lipinski definition) is 8. The van der Waals surface area contributed by atoms with Gasteiger partial charge in [-0.1, -0.05) is 108 Å². The summed E-state index contributed by atoms with van der Waals surface area (Å²) in [5.41, 5.74) is 2.70. The second-order valence-corrected chi connectivity index (χ2v) is 13.0. The highest BCUT2D eigenvalue weighted by atomic mass is 32.2. The molecule has 0 aliphatic carbocycles. The SMILES string of the molecule is O=C1C(=O)N(c2nnc(SCc3cccc4ccccc34)s2)C(c2cccc(OCc3ccccc3)c2)/C1=C(\O)c1ccc(F)cc1. The van der Waals surface area contributed by atoms with Gasteiger partial charge in [0.1, 0.15) is 23.9 Å². The Balaban J connectivity index is 1.24. The average molecular weight is 660 g/mol. The fraction of sp³-hybridized carbons (Fsp3) is 0.0811. The molecular formula is C37H26FN3O4S2. The number of fused-ring (bicyclic) bond motifs is 1. The molecule has 1 atom stereocenters. The van der Waals surface area contributed by atoms with E-state index in [1.54, 1.807) is 24.3 Å². The highest BCUT2D eigenvalue weighted by Crippen LogP contribution is 2.44. The predicted molar refractivity (Wildman–Crippen MR) is 182 cm³/mol. The molecule has 1 fully saturated rings. The molecule has 10 heteroatoms. The number of nitrogens with zero attached hydrogens (tertiary/aromatic N) is 3. The van der Waals surface area contributed by atoms with Crippen molar-refractivity contribution in [2.45, 2.75) is 22.7 Å². The fourth-order valence-electron chi connectivity index (χ4n) is 5.54. The number of aliphatic hydroxyl groups excluding tert-OH is 1. The van der Waals surface area contributed by atoms with Gasteiger partial charge >= 0.3 is 5.91 Å². The van der Waals surface area contributed by atoms with Crippen molar-refractivity contribution in [2.75, 3.05) is 4.90 Å². The van der Waals surface area contributed by atoms with Gasteiger partial charge in [0.05, 0.1) is 11.6 Å². The Bertz CT molecular complexity index is 2130. The Hall–Kier alpha value is -5.32. The number of ether oxygens (including phenoxy) is 1. The van der Waals surface area contributed by atoms with Crippen LogP contribution < -0.4 is 9.64 Å². The standard InChI is InChI=1S/C37H26FN3O4S2/c38-28-18-16-25(17-19-28)33(42)31-32(26-12-7-14-29(20-26)45-21-23-8-2-1-3-9-23)41(35(44)34(31)43)36-39-40-37(47-36)46-22-27-13-6-11-24-10-4-5-15-30(24)27/h1-20,32,42H,21-22H2/b33-31+. The molecule has 1 saturated heterocycles. The van der Waals surface area contributed by atoms with Crippen LogP contribution in [0, 0.1) is 5.82 Å². The molecule has 7 nitrogen and oxygen atoms in total. The first-order chi connectivity index (χ1) is 23.0. The van der Waals surface area contributed by atoms with Gasteiger partial charge in [0.2, 0.25) is 5.13 Å². The average Bonchev–Trinajstić information content (AvgIpc) is 3.68. The van der Waals surface area contributed by atoms with Crippen molar-refractivity contribution in [3.8, 4) is 5.75 Å². The normalized spacial score (nSPS) is 15.8. The van der Waals surface area contributed by atoms with Crippen LogP contribution in [0.2, 0.25) is 0 Å². The van der Waals surface area contributed by atoms with E-state index in [0.29, 0.717) is 28.0 Å². The number of benzene rings is 5. The van der Waals surface area contributed by atoms with Gasteiger partial charge in [-0.15, -0.1) is 10.2 Å². The van der Waals surface area contributed by atoms with E-state index in [9.17, 15) is 19.1 Å². The Morgan fingerprint density at radius 3 is 2.45 bits per heavy atom. The maximum absolute atomic E-state index is 13.7. The van der Waals surface area contributed by atoms with Gasteiger partial charge < -0.3 is 9.84 Å². The van der Waals surface area contributed by atoms with Crippen molar-refractivity contribution in [1.82, 2.24) is 10.2 Å². The van der Waals surface area contributed by atoms with Crippen molar-refractivity contribution in [3.63, 3.8) is 0 Å². The van der Waals surface area contributed by atoms with Crippen LogP contribution in [0.25, 0.3) is 16.5 Å². The molecule has 7 rings (SSSR count). The van der Waals surface area contributed by atoms with E-state index < -0.39 is 29.3 Å². The molecule has 0 spiro atoms. The van der Waals surface area contributed by atoms with E-state index in [4.69, 9.17) is 4.74 Å². The molecule has 1 amide bonds. The van der Waals surface area contributed by atoms with E-state index in [1.165, 1.54) is 52.3 Å². The zero-order valence-electron chi connectivity index (χ0n) is 24.7. The van der Waals surface area contributed by atoms with Crippen LogP contribution in [-0.4, -0.2) is 27.0 Å². The molecule has 47 heavy (non-hydrogen) atoms. The quantitative estimate of drug-likeness (QED) is 0.0549. The third kappa shape index (κ3) is 6.25. The van der Waals surface area contributed by atoms with Gasteiger partial charge in [-0.25, -0.2) is 4.39 Å². The lowest BCUT2D eigenvalue weighted by atomic mass is 9.95. The minimum Gasteiger partial charge on any atom is -0.507 e. The predicted octanol–water partition coefficient (Wildman–Crippen LogP) is 8.33. The lowest BCUT2D eigenvalue weighted by Gasteiger charge is -2.23. The number of ketones is 1. The molecule has 0 radical (unpaired) electrons. The first kappa shape index (κ1) is 30.3. The minimum atomic E-state index is -1.04. The second kappa shape index (κ2) is 13.2. The maximum atomic E-state index is 13.7. The molecule has 232 valence electrons. The molecule has 1 aromatic heterocycles. The Morgan fingerprint density at radius 1 is 0.872 bits per heavy atom. The van der Waals surface area contributed by atoms with Gasteiger partial charge in [0.25, 0.3) is 5.78 Å². The van der Waals surface area contributed by atoms with E-state index >= 15 is 0 Å². The van der Waals surface area contributed by atoms with E-state index in [-0.39, 0.29) is 16.3 Å². The Kier molecular flexibility index (Phi) is 8.52. The number of Topliss-reactive ketones (excluding diaryl/α,β-unsaturated/α-hetero) is 1. The summed E-state index contributed by atoms with van der Waals surface area (Å²) in [5, 5.41) is 22.6. The topological polar surface area (TPSA) is 92.6 Å². The van der Waals surface area contributed by atoms with Crippen molar-refractivity contribution < 1.29 is 23.8 Å². The van der Waals surface area contributed by atoms with Crippen molar-refractivity contribution >= 4 is 56.5 Å². The number of thioether (sulfide) groups is 1. The number of amides is 1. The van der Waals surface area contributed by atoms with E-state index in [0.717, 1.165) is 21.9 Å². The summed E-state index contributed by atoms with van der Waals surface area (Å²) in [6, 6.07) is 35.1. The molecule has 2 heterocycles. The van der Waals surface area contributed by atoms with E-state index in [2.05, 4.69) is 34.5 Å². The van der Waals surface area contributed by atoms with Crippen LogP contribution in [0.1, 0.15) is 28.3 Å². The summed E-state index contributed by atoms with van der Waals surface area (Å²) in [4.78, 5) is 28.6. The number of hydrogen-bond donors (Lipinski definition) is 1. The van der Waals surface area contributed by atoms with Gasteiger partial charge in [0.15, 0.2) is 4.34 Å². The molecule has 1 aliphatic heterocycles. The largest absolute Gasteiger partial charge is 0.507 e. The molecule has 6 aromatic rings. The lowest BCUT2D eigenvalue weighted by molar-refractivity contribution is -0.132. The molecule has 1 aliphatic rings. The summed E-state index contributed by atoms with van der Waals surface area (Å²) in [5.74, 6) is -1.50. The Labute approximate surface area is 278 Å². The highest BCUT2D eigenvalue weighted by Gasteiger charge is 2.48. The van der Waals surface area contributed by atoms with E-state index in [1.807, 2.05) is 48.5 Å². The zero-order valence-corrected chi connectivity index (χ0v) is 26.4. The number of carbonyl (C=O) groups excluding carboxylic acids is 2. The number of aromatic nitrogens is 2. The van der Waals surface area contributed by atoms with Crippen LogP contribution in [0.4, 0.5) is 9.52 Å². The lowest BCUT2D eigenvalue weighted by Crippen LogP contribution is -2.29. The monoisotopic (exact) mass is 659 g/mol. The van der Waals surface area contributed by atoms with Gasteiger partial charge in [-0.3, -0.25) is 14.5 Å². The Morgan fingerprint density at radius 2 is 1.62 bits per heavy atom. The molecule has 5 aromatic carbocycles. The minimum absolute atomic E-state index is 0.137. The summed E-state index contributed by atoms with van der Waals surface area (Å²) >= 11 is 2.68. The van der Waals surface area contributed by atoms with Crippen LogP contribution >= 0.6 is 23.1 Å². The zero-order chi connectivity index (χ0) is 32.3. The van der Waals surface area contributed by atoms with Gasteiger partial charge in [0, 0.05) is 11.3 Å². The van der Waals surface area contributed by atoms with Crippen LogP contribution in [0.15, 0.2) is 131 Å². The number of rotatable bonds is 9. The smallest absolute Gasteiger partial charge is 0.301 e. The van der Waals surface area contributed by atoms with Crippen molar-refractivity contribution in [1.29, 1.82) is 0 Å². The summed E-state index contributed by atoms with van der Waals surface area (Å²) in [6.45, 7) is 0.313. The number of halogens is 1. The first-order valence-corrected chi connectivity index (χ1v) is 16.5. The molecule has 1 unspecified atom stereocenters. The highest BCUT2D eigenvalue weighted by molar-refractivity contribution is 8.00. The number of aliphatic hydroxyl groups is 1. The van der Waals surface area contributed by atoms with Gasteiger partial charge in [-0.2, -0.15) is 0 Å². The fourth-order valence-corrected chi connectivity index (χ4v) is 7.41. The van der Waals surface area contributed by atoms with Crippen LogP contribution in [0.3, 0.4) is 0 Å². The summed E-state index contributed by atoms with van der Waals surface area (Å²) < 4.78 is 20.4. The first-order valence-electron chi connectivity index (χ1n) is 14.7. The third-order valence-corrected chi connectivity index (χ3v) is 9.92. The third-order valence-electron chi connectivity index (χ3n) is 7.82. The molecule has 1 N–H and O–H groups in total. The molecule has 0 bridgehead atoms. The second-order valence-electron chi connectivity index (χ2n) is 10.8. The summed E-state index contributed by atoms with van der Waals surface area (Å²) in [6.07, 6.45) is 0. The van der Waals surface area contributed by atoms with Crippen molar-refractivity contribution in [2.24, 2.45) is 0 Å². The van der Waals surface area contributed by atoms with Gasteiger partial charge in [-0.05, 0) is 63.9 Å².